The van der Waals surface area contributed by atoms with Gasteiger partial charge in [-0.3, -0.25) is 52.7 Å². The van der Waals surface area contributed by atoms with E-state index in [9.17, 15) is 57.5 Å². The first-order valence-electron chi connectivity index (χ1n) is 32.1. The molecule has 20 heteroatoms. The molecule has 0 spiro atoms. The van der Waals surface area contributed by atoms with Crippen LogP contribution in [0.25, 0.3) is 0 Å². The Bertz CT molecular complexity index is 2260. The van der Waals surface area contributed by atoms with Crippen molar-refractivity contribution in [3.05, 3.63) is 35.4 Å². The lowest BCUT2D eigenvalue weighted by Crippen LogP contribution is -2.42. The molecule has 520 valence electrons. The minimum Gasteiger partial charge on any atom is -0.469 e. The van der Waals surface area contributed by atoms with E-state index in [0.717, 1.165) is 23.7 Å². The van der Waals surface area contributed by atoms with Crippen molar-refractivity contribution in [2.45, 2.75) is 267 Å². The number of amides is 1. The van der Waals surface area contributed by atoms with Crippen molar-refractivity contribution >= 4 is 93.3 Å². The third-order valence-electron chi connectivity index (χ3n) is 12.8. The van der Waals surface area contributed by atoms with Crippen molar-refractivity contribution in [3.8, 4) is 0 Å². The summed E-state index contributed by atoms with van der Waals surface area (Å²) in [4.78, 5) is 134. The average Bonchev–Trinajstić information content (AvgIpc) is 3.86. The van der Waals surface area contributed by atoms with Gasteiger partial charge in [-0.2, -0.15) is 11.8 Å². The van der Waals surface area contributed by atoms with Gasteiger partial charge in [-0.05, 0) is 85.0 Å². The summed E-state index contributed by atoms with van der Waals surface area (Å²) in [7, 11) is 1.35. The first-order valence-corrected chi connectivity index (χ1v) is 34.1. The largest absolute Gasteiger partial charge is 0.469 e. The lowest BCUT2D eigenvalue weighted by Gasteiger charge is -2.19. The molecule has 0 aliphatic carbocycles. The number of Topliss-reactive ketones (excluding diaryl/α,β-unsaturated/α-hetero) is 5. The summed E-state index contributed by atoms with van der Waals surface area (Å²) in [6, 6.07) is 7.45. The van der Waals surface area contributed by atoms with Crippen LogP contribution in [0.5, 0.6) is 0 Å². The fourth-order valence-corrected chi connectivity index (χ4v) is 9.14. The standard InChI is InChI=1S/C12H21NO4.C12H22OS.C12H16O.C10H18O3.C9H16O3S.C8H14O3.C7H14O2/c1-6-10(13-9(5)14)12(16)17-8(4)11(15)7(2)3;1-10(2)12(13)8-4-3-6-11-7-5-9-14-11;1-9(2)12(13)8-11-6-4-10(3)5-7-11;1-6(2)9(11)8(5)13-10(12)7(3)4;1-6(2)9(11)13-5-7(3)8(10)12-4;1-5(2)8(10)6(3)11-7(4)9;1-5(2)7(8)9-6(3)4/h7-8,10H,6H2,1-5H3,(H,13,14);10-11H,3-9H2,1-2H3;4-7,9H,8H2,1-3H3;6-8H,1-5H3;6-7H,5H2,1-4H3;5-6H,1-4H3;5-6H,1-4H3/t8-,10+;11-;;8-;7-;6-;/m11.001./s1. The number of hydrogen-bond donors (Lipinski definition) is 1. The summed E-state index contributed by atoms with van der Waals surface area (Å²) in [5.41, 5.74) is 2.35. The van der Waals surface area contributed by atoms with E-state index < -0.39 is 36.3 Å². The van der Waals surface area contributed by atoms with E-state index in [2.05, 4.69) is 26.6 Å². The number of nitrogens with one attached hydrogen (secondary N) is 1. The maximum Gasteiger partial charge on any atom is 0.329 e. The summed E-state index contributed by atoms with van der Waals surface area (Å²) in [6.07, 6.45) is 6.31. The van der Waals surface area contributed by atoms with Crippen molar-refractivity contribution in [2.24, 2.45) is 53.3 Å². The van der Waals surface area contributed by atoms with Gasteiger partial charge < -0.3 is 29.0 Å². The van der Waals surface area contributed by atoms with Gasteiger partial charge >= 0.3 is 29.8 Å². The summed E-state index contributed by atoms with van der Waals surface area (Å²) in [5.74, 6) is 0.0813. The van der Waals surface area contributed by atoms with Crippen LogP contribution in [0.1, 0.15) is 229 Å². The molecule has 1 N–H and O–H groups in total. The first-order chi connectivity index (χ1) is 41.4. The Morgan fingerprint density at radius 2 is 0.967 bits per heavy atom. The Morgan fingerprint density at radius 3 is 1.30 bits per heavy atom. The molecule has 0 radical (unpaired) electrons. The number of methoxy groups -OCH3 is 1. The van der Waals surface area contributed by atoms with Gasteiger partial charge in [-0.15, -0.1) is 0 Å². The number of ketones is 5. The number of benzene rings is 1. The molecule has 0 saturated carbocycles. The number of carbonyl (C=O) groups is 12. The van der Waals surface area contributed by atoms with Crippen LogP contribution in [0.4, 0.5) is 0 Å². The van der Waals surface area contributed by atoms with Crippen LogP contribution >= 0.6 is 23.5 Å². The smallest absolute Gasteiger partial charge is 0.329 e. The van der Waals surface area contributed by atoms with E-state index in [0.29, 0.717) is 30.2 Å². The van der Waals surface area contributed by atoms with Gasteiger partial charge in [0.25, 0.3) is 0 Å². The minimum atomic E-state index is -0.773. The van der Waals surface area contributed by atoms with Crippen molar-refractivity contribution in [2.75, 3.05) is 18.6 Å². The van der Waals surface area contributed by atoms with Crippen molar-refractivity contribution in [1.29, 1.82) is 0 Å². The molecule has 18 nitrogen and oxygen atoms in total. The van der Waals surface area contributed by atoms with Gasteiger partial charge in [-0.1, -0.05) is 173 Å². The monoisotopic (exact) mass is 1310 g/mol. The highest BCUT2D eigenvalue weighted by Gasteiger charge is 2.26. The molecule has 1 aromatic carbocycles. The zero-order chi connectivity index (χ0) is 71.3. The Hall–Kier alpha value is -5.24. The van der Waals surface area contributed by atoms with E-state index in [1.165, 1.54) is 69.7 Å². The quantitative estimate of drug-likeness (QED) is 0.0464. The number of unbranched alkanes of at least 4 members (excludes halogenated alkanes) is 1. The van der Waals surface area contributed by atoms with Crippen LogP contribution in [-0.2, 0) is 87.6 Å². The van der Waals surface area contributed by atoms with Crippen LogP contribution in [0.3, 0.4) is 0 Å². The summed E-state index contributed by atoms with van der Waals surface area (Å²) < 4.78 is 24.1. The zero-order valence-electron chi connectivity index (χ0n) is 60.3. The molecular formula is C70H121NO17S2. The summed E-state index contributed by atoms with van der Waals surface area (Å²) >= 11 is 3.32. The van der Waals surface area contributed by atoms with Gasteiger partial charge in [0.1, 0.15) is 17.6 Å². The molecule has 1 fully saturated rings. The number of carbonyl (C=O) groups excluding carboxylic acids is 12. The lowest BCUT2D eigenvalue weighted by molar-refractivity contribution is -0.158. The molecular weight excluding hydrogens is 1190 g/mol. The van der Waals surface area contributed by atoms with Crippen molar-refractivity contribution in [3.63, 3.8) is 0 Å². The van der Waals surface area contributed by atoms with E-state index in [1.54, 1.807) is 90.0 Å². The number of aryl methyl sites for hydroxylation is 1. The molecule has 1 amide bonds. The van der Waals surface area contributed by atoms with E-state index in [4.69, 9.17) is 14.2 Å². The van der Waals surface area contributed by atoms with E-state index >= 15 is 0 Å². The van der Waals surface area contributed by atoms with Gasteiger partial charge in [0.2, 0.25) is 5.91 Å². The van der Waals surface area contributed by atoms with Crippen LogP contribution in [0, 0.1) is 60.2 Å². The molecule has 1 saturated heterocycles. The Labute approximate surface area is 551 Å². The van der Waals surface area contributed by atoms with Gasteiger partial charge in [0.05, 0.1) is 31.0 Å². The molecule has 0 unspecified atom stereocenters. The van der Waals surface area contributed by atoms with Gasteiger partial charge in [-0.25, -0.2) is 4.79 Å². The number of esters is 5. The molecule has 0 aromatic heterocycles. The number of thioether (sulfide) groups is 2. The fraction of sp³-hybridized carbons (Fsp3) is 0.743. The average molecular weight is 1310 g/mol. The van der Waals surface area contributed by atoms with Crippen LogP contribution < -0.4 is 5.32 Å². The third-order valence-corrected chi connectivity index (χ3v) is 15.7. The molecule has 1 heterocycles. The lowest BCUT2D eigenvalue weighted by atomic mass is 10.0. The summed E-state index contributed by atoms with van der Waals surface area (Å²) in [5, 5.41) is 3.51. The predicted molar refractivity (Wildman–Crippen MR) is 363 cm³/mol. The number of hydrogen-bond acceptors (Lipinski definition) is 19. The highest BCUT2D eigenvalue weighted by atomic mass is 32.2. The normalized spacial score (nSPS) is 13.9. The zero-order valence-corrected chi connectivity index (χ0v) is 61.9. The minimum absolute atomic E-state index is 0.00704. The Balaban J connectivity index is -0.000000314. The molecule has 1 aliphatic rings. The second-order valence-electron chi connectivity index (χ2n) is 25.0. The van der Waals surface area contributed by atoms with Crippen LogP contribution in [0.15, 0.2) is 24.3 Å². The van der Waals surface area contributed by atoms with Gasteiger partial charge in [0.15, 0.2) is 40.8 Å². The molecule has 1 aliphatic heterocycles. The SMILES string of the molecule is CC(=O)O[C@H](C)C(=O)C(C)C.CC(C)C(=O)CCCC[C@@H]1CCCS1.CC(C)C(=O)O[C@@H](C)C(=O)C(C)C.CC(C)OC(=O)C(C)C.CC[C@H](NC(C)=O)C(=O)O[C@H](C)C(=O)C(C)C.COC(=O)[C@@H](C)CSC(=O)C(C)C.Cc1ccc(CC(=O)C(C)C)cc1. The third kappa shape index (κ3) is 51.4. The molecule has 1 aromatic rings. The Morgan fingerprint density at radius 1 is 0.533 bits per heavy atom. The summed E-state index contributed by atoms with van der Waals surface area (Å²) in [6.45, 7) is 46.0. The second-order valence-corrected chi connectivity index (χ2v) is 27.5. The molecule has 0 bridgehead atoms. The first kappa shape index (κ1) is 93.5. The van der Waals surface area contributed by atoms with Crippen molar-refractivity contribution < 1.29 is 81.2 Å². The molecule has 2 rings (SSSR count). The van der Waals surface area contributed by atoms with E-state index in [1.807, 2.05) is 100 Å². The second kappa shape index (κ2) is 53.3. The molecule has 90 heavy (non-hydrogen) atoms. The van der Waals surface area contributed by atoms with Crippen LogP contribution in [-0.4, -0.2) is 124 Å². The van der Waals surface area contributed by atoms with Crippen molar-refractivity contribution in [1.82, 2.24) is 5.32 Å². The van der Waals surface area contributed by atoms with Crippen LogP contribution in [0.2, 0.25) is 0 Å². The Kier molecular flexibility index (Phi) is 55.3. The fourth-order valence-electron chi connectivity index (χ4n) is 6.93. The maximum atomic E-state index is 11.7. The van der Waals surface area contributed by atoms with E-state index in [-0.39, 0.29) is 106 Å². The predicted octanol–water partition coefficient (Wildman–Crippen LogP) is 13.8. The number of rotatable bonds is 28. The highest BCUT2D eigenvalue weighted by Crippen LogP contribution is 2.30. The van der Waals surface area contributed by atoms with Gasteiger partial charge in [0, 0.05) is 73.2 Å². The topological polar surface area (TPSA) is 263 Å². The number of ether oxygens (including phenoxy) is 5. The molecule has 6 atom stereocenters. The highest BCUT2D eigenvalue weighted by molar-refractivity contribution is 8.13. The maximum absolute atomic E-state index is 11.7.